The van der Waals surface area contributed by atoms with Crippen molar-refractivity contribution in [1.82, 2.24) is 25.6 Å². The molecule has 1 aromatic heterocycles. The fraction of sp³-hybridized carbons (Fsp3) is 0.786. The molecule has 1 aromatic rings. The minimum absolute atomic E-state index is 0.0285. The molecule has 0 saturated heterocycles. The van der Waals surface area contributed by atoms with Crippen LogP contribution in [0, 0.1) is 5.92 Å². The Morgan fingerprint density at radius 3 is 2.90 bits per heavy atom. The van der Waals surface area contributed by atoms with Crippen molar-refractivity contribution in [2.45, 2.75) is 58.7 Å². The van der Waals surface area contributed by atoms with Crippen molar-refractivity contribution in [3.05, 3.63) is 11.9 Å². The van der Waals surface area contributed by atoms with Crippen LogP contribution in [0.1, 0.15) is 45.7 Å². The summed E-state index contributed by atoms with van der Waals surface area (Å²) in [7, 11) is 0. The lowest BCUT2D eigenvalue weighted by Gasteiger charge is -2.24. The first-order valence-electron chi connectivity index (χ1n) is 7.39. The van der Waals surface area contributed by atoms with Crippen LogP contribution in [-0.4, -0.2) is 33.0 Å². The molecule has 0 radical (unpaired) electrons. The highest BCUT2D eigenvalue weighted by Gasteiger charge is 2.20. The highest BCUT2D eigenvalue weighted by molar-refractivity contribution is 5.76. The van der Waals surface area contributed by atoms with Gasteiger partial charge in [-0.2, -0.15) is 0 Å². The van der Waals surface area contributed by atoms with Crippen molar-refractivity contribution >= 4 is 5.91 Å². The number of hydrogen-bond acceptors (Lipinski definition) is 4. The summed E-state index contributed by atoms with van der Waals surface area (Å²) < 4.78 is 1.59. The summed E-state index contributed by atoms with van der Waals surface area (Å²) in [4.78, 5) is 11.9. The minimum Gasteiger partial charge on any atom is -0.350 e. The molecule has 6 heteroatoms. The van der Waals surface area contributed by atoms with Crippen LogP contribution >= 0.6 is 0 Å². The molecule has 1 aliphatic rings. The molecule has 1 fully saturated rings. The van der Waals surface area contributed by atoms with E-state index in [0.717, 1.165) is 31.1 Å². The van der Waals surface area contributed by atoms with E-state index in [1.165, 1.54) is 12.8 Å². The van der Waals surface area contributed by atoms with E-state index >= 15 is 0 Å². The number of hydrogen-bond donors (Lipinski definition) is 2. The van der Waals surface area contributed by atoms with Crippen LogP contribution in [0.4, 0.5) is 0 Å². The SMILES string of the molecule is CCC(C)(C)NC(=O)Cn1cc(CNCC2CC2)nn1. The average Bonchev–Trinajstić information content (AvgIpc) is 3.09. The summed E-state index contributed by atoms with van der Waals surface area (Å²) in [5.41, 5.74) is 0.708. The van der Waals surface area contributed by atoms with E-state index in [2.05, 4.69) is 27.9 Å². The van der Waals surface area contributed by atoms with Gasteiger partial charge in [0.2, 0.25) is 5.91 Å². The lowest BCUT2D eigenvalue weighted by Crippen LogP contribution is -2.44. The van der Waals surface area contributed by atoms with Crippen LogP contribution in [0.3, 0.4) is 0 Å². The lowest BCUT2D eigenvalue weighted by atomic mass is 10.0. The molecule has 0 bridgehead atoms. The van der Waals surface area contributed by atoms with E-state index in [4.69, 9.17) is 0 Å². The first-order valence-corrected chi connectivity index (χ1v) is 7.39. The third-order valence-electron chi connectivity index (χ3n) is 3.69. The second kappa shape index (κ2) is 6.35. The van der Waals surface area contributed by atoms with Gasteiger partial charge in [-0.15, -0.1) is 5.10 Å². The molecule has 0 atom stereocenters. The second-order valence-corrected chi connectivity index (χ2v) is 6.27. The van der Waals surface area contributed by atoms with Crippen LogP contribution in [0.2, 0.25) is 0 Å². The maximum absolute atomic E-state index is 11.9. The van der Waals surface area contributed by atoms with E-state index in [1.54, 1.807) is 4.68 Å². The van der Waals surface area contributed by atoms with Crippen molar-refractivity contribution < 1.29 is 4.79 Å². The quantitative estimate of drug-likeness (QED) is 0.747. The Balaban J connectivity index is 1.74. The molecule has 1 saturated carbocycles. The smallest absolute Gasteiger partial charge is 0.242 e. The van der Waals surface area contributed by atoms with Gasteiger partial charge >= 0.3 is 0 Å². The molecule has 1 aliphatic carbocycles. The van der Waals surface area contributed by atoms with Gasteiger partial charge in [0.25, 0.3) is 0 Å². The van der Waals surface area contributed by atoms with Gasteiger partial charge in [-0.1, -0.05) is 12.1 Å². The molecule has 2 rings (SSSR count). The van der Waals surface area contributed by atoms with Crippen LogP contribution < -0.4 is 10.6 Å². The van der Waals surface area contributed by atoms with E-state index in [0.29, 0.717) is 0 Å². The lowest BCUT2D eigenvalue weighted by molar-refractivity contribution is -0.123. The Bertz CT molecular complexity index is 450. The first kappa shape index (κ1) is 15.0. The summed E-state index contributed by atoms with van der Waals surface area (Å²) in [5.74, 6) is 0.825. The van der Waals surface area contributed by atoms with Crippen LogP contribution in [0.25, 0.3) is 0 Å². The van der Waals surface area contributed by atoms with Crippen molar-refractivity contribution in [2.24, 2.45) is 5.92 Å². The van der Waals surface area contributed by atoms with Crippen LogP contribution in [0.5, 0.6) is 0 Å². The average molecular weight is 279 g/mol. The van der Waals surface area contributed by atoms with Crippen molar-refractivity contribution in [2.75, 3.05) is 6.54 Å². The fourth-order valence-corrected chi connectivity index (χ4v) is 1.88. The third-order valence-corrected chi connectivity index (χ3v) is 3.69. The van der Waals surface area contributed by atoms with Gasteiger partial charge in [0.15, 0.2) is 0 Å². The molecule has 112 valence electrons. The Morgan fingerprint density at radius 1 is 1.50 bits per heavy atom. The van der Waals surface area contributed by atoms with Crippen molar-refractivity contribution in [3.63, 3.8) is 0 Å². The van der Waals surface area contributed by atoms with Gasteiger partial charge < -0.3 is 10.6 Å². The summed E-state index contributed by atoms with van der Waals surface area (Å²) in [6.07, 6.45) is 5.41. The summed E-state index contributed by atoms with van der Waals surface area (Å²) >= 11 is 0. The van der Waals surface area contributed by atoms with Gasteiger partial charge in [-0.05, 0) is 45.6 Å². The molecule has 0 aromatic carbocycles. The Labute approximate surface area is 120 Å². The van der Waals surface area contributed by atoms with E-state index < -0.39 is 0 Å². The van der Waals surface area contributed by atoms with Crippen LogP contribution in [-0.2, 0) is 17.9 Å². The zero-order valence-electron chi connectivity index (χ0n) is 12.6. The number of carbonyl (C=O) groups excluding carboxylic acids is 1. The molecule has 1 amide bonds. The number of rotatable bonds is 8. The van der Waals surface area contributed by atoms with Gasteiger partial charge in [-0.25, -0.2) is 4.68 Å². The standard InChI is InChI=1S/C14H25N5O/c1-4-14(2,3)16-13(20)10-19-9-12(17-18-19)8-15-7-11-5-6-11/h9,11,15H,4-8,10H2,1-3H3,(H,16,20). The number of nitrogens with zero attached hydrogens (tertiary/aromatic N) is 3. The van der Waals surface area contributed by atoms with Gasteiger partial charge in [-0.3, -0.25) is 4.79 Å². The molecular weight excluding hydrogens is 254 g/mol. The molecule has 0 aliphatic heterocycles. The monoisotopic (exact) mass is 279 g/mol. The molecular formula is C14H25N5O. The number of nitrogens with one attached hydrogen (secondary N) is 2. The molecule has 2 N–H and O–H groups in total. The fourth-order valence-electron chi connectivity index (χ4n) is 1.88. The van der Waals surface area contributed by atoms with Crippen molar-refractivity contribution in [3.8, 4) is 0 Å². The zero-order valence-corrected chi connectivity index (χ0v) is 12.6. The Morgan fingerprint density at radius 2 is 2.25 bits per heavy atom. The van der Waals surface area contributed by atoms with E-state index in [1.807, 2.05) is 20.0 Å². The second-order valence-electron chi connectivity index (χ2n) is 6.27. The third kappa shape index (κ3) is 4.92. The molecule has 20 heavy (non-hydrogen) atoms. The summed E-state index contributed by atoms with van der Waals surface area (Å²) in [5, 5.41) is 14.4. The highest BCUT2D eigenvalue weighted by Crippen LogP contribution is 2.27. The predicted octanol–water partition coefficient (Wildman–Crippen LogP) is 1.08. The normalized spacial score (nSPS) is 15.3. The Kier molecular flexibility index (Phi) is 4.75. The maximum atomic E-state index is 11.9. The number of amides is 1. The minimum atomic E-state index is -0.174. The largest absolute Gasteiger partial charge is 0.350 e. The molecule has 6 nitrogen and oxygen atoms in total. The maximum Gasteiger partial charge on any atom is 0.242 e. The zero-order chi connectivity index (χ0) is 14.6. The van der Waals surface area contributed by atoms with E-state index in [-0.39, 0.29) is 18.0 Å². The highest BCUT2D eigenvalue weighted by atomic mass is 16.2. The summed E-state index contributed by atoms with van der Waals surface area (Å²) in [6, 6.07) is 0. The van der Waals surface area contributed by atoms with Crippen molar-refractivity contribution in [1.29, 1.82) is 0 Å². The van der Waals surface area contributed by atoms with E-state index in [9.17, 15) is 4.79 Å². The summed E-state index contributed by atoms with van der Waals surface area (Å²) in [6.45, 7) is 8.08. The molecule has 1 heterocycles. The predicted molar refractivity (Wildman–Crippen MR) is 77.0 cm³/mol. The van der Waals surface area contributed by atoms with Gasteiger partial charge in [0.05, 0.1) is 11.9 Å². The number of aromatic nitrogens is 3. The van der Waals surface area contributed by atoms with Gasteiger partial charge in [0.1, 0.15) is 6.54 Å². The Hall–Kier alpha value is -1.43. The number of carbonyl (C=O) groups is 1. The van der Waals surface area contributed by atoms with Gasteiger partial charge in [0, 0.05) is 12.1 Å². The molecule has 0 unspecified atom stereocenters. The topological polar surface area (TPSA) is 71.8 Å². The molecule has 0 spiro atoms. The van der Waals surface area contributed by atoms with Crippen LogP contribution in [0.15, 0.2) is 6.20 Å². The first-order chi connectivity index (χ1) is 9.48.